The second-order valence-electron chi connectivity index (χ2n) is 7.84. The van der Waals surface area contributed by atoms with Crippen molar-refractivity contribution in [3.63, 3.8) is 0 Å². The highest BCUT2D eigenvalue weighted by molar-refractivity contribution is 5.92. The van der Waals surface area contributed by atoms with Gasteiger partial charge in [-0.25, -0.2) is 0 Å². The van der Waals surface area contributed by atoms with Gasteiger partial charge in [0.15, 0.2) is 0 Å². The van der Waals surface area contributed by atoms with E-state index < -0.39 is 0 Å². The molecule has 2 nitrogen and oxygen atoms in total. The molecule has 2 heteroatoms. The molecule has 0 spiro atoms. The van der Waals surface area contributed by atoms with E-state index in [0.29, 0.717) is 6.42 Å². The molecule has 0 amide bonds. The van der Waals surface area contributed by atoms with Crippen LogP contribution in [0.25, 0.3) is 22.9 Å². The van der Waals surface area contributed by atoms with Crippen LogP contribution in [0.5, 0.6) is 0 Å². The van der Waals surface area contributed by atoms with E-state index in [4.69, 9.17) is 0 Å². The fourth-order valence-electron chi connectivity index (χ4n) is 4.61. The zero-order valence-corrected chi connectivity index (χ0v) is 16.4. The van der Waals surface area contributed by atoms with Crippen molar-refractivity contribution in [2.45, 2.75) is 6.42 Å². The molecular weight excluding hydrogens is 366 g/mol. The fourth-order valence-corrected chi connectivity index (χ4v) is 4.61. The number of carbonyl (C=O) groups excluding carboxylic acids is 1. The minimum absolute atomic E-state index is 0.689. The number of para-hydroxylation sites is 1. The molecule has 6 rings (SSSR count). The van der Waals surface area contributed by atoms with Crippen molar-refractivity contribution in [3.05, 3.63) is 112 Å². The summed E-state index contributed by atoms with van der Waals surface area (Å²) in [5, 5.41) is 4.88. The molecule has 1 aliphatic heterocycles. The van der Waals surface area contributed by atoms with Crippen molar-refractivity contribution in [3.8, 4) is 0 Å². The minimum Gasteiger partial charge on any atom is -0.309 e. The molecule has 0 fully saturated rings. The number of allylic oxidation sites excluding steroid dienone is 2. The number of anilines is 3. The highest BCUT2D eigenvalue weighted by Gasteiger charge is 2.21. The van der Waals surface area contributed by atoms with Crippen LogP contribution in [-0.2, 0) is 11.2 Å². The van der Waals surface area contributed by atoms with Gasteiger partial charge in [0.25, 0.3) is 0 Å². The summed E-state index contributed by atoms with van der Waals surface area (Å²) in [5.41, 5.74) is 6.72. The van der Waals surface area contributed by atoms with Crippen LogP contribution in [0.2, 0.25) is 0 Å². The number of hydrogen-bond donors (Lipinski definition) is 0. The number of benzene rings is 4. The lowest BCUT2D eigenvalue weighted by Gasteiger charge is -2.31. The lowest BCUT2D eigenvalue weighted by Crippen LogP contribution is -2.37. The highest BCUT2D eigenvalue weighted by atomic mass is 16.1. The molecule has 0 unspecified atom stereocenters. The molecule has 142 valence electrons. The summed E-state index contributed by atoms with van der Waals surface area (Å²) in [5.74, 6) is 0. The molecule has 0 saturated carbocycles. The van der Waals surface area contributed by atoms with Crippen LogP contribution in [0.3, 0.4) is 0 Å². The molecule has 1 heterocycles. The van der Waals surface area contributed by atoms with Crippen LogP contribution in [0, 0.1) is 0 Å². The molecule has 0 aromatic heterocycles. The molecule has 0 bridgehead atoms. The van der Waals surface area contributed by atoms with Crippen LogP contribution in [0.15, 0.2) is 90.5 Å². The number of rotatable bonds is 2. The van der Waals surface area contributed by atoms with Gasteiger partial charge in [0.05, 0.1) is 11.4 Å². The third-order valence-electron chi connectivity index (χ3n) is 6.07. The van der Waals surface area contributed by atoms with Gasteiger partial charge in [0.2, 0.25) is 0 Å². The summed E-state index contributed by atoms with van der Waals surface area (Å²) in [4.78, 5) is 13.6. The van der Waals surface area contributed by atoms with E-state index in [1.807, 2.05) is 6.08 Å². The number of hydrogen-bond acceptors (Lipinski definition) is 2. The summed E-state index contributed by atoms with van der Waals surface area (Å²) in [6.45, 7) is 0. The first-order valence-corrected chi connectivity index (χ1v) is 10.2. The predicted molar refractivity (Wildman–Crippen MR) is 124 cm³/mol. The Morgan fingerprint density at radius 3 is 2.47 bits per heavy atom. The molecule has 2 aliphatic rings. The first kappa shape index (κ1) is 17.0. The number of aldehydes is 1. The first-order chi connectivity index (χ1) is 14.8. The number of nitrogens with zero attached hydrogens (tertiary/aromatic N) is 1. The highest BCUT2D eigenvalue weighted by Crippen LogP contribution is 2.38. The van der Waals surface area contributed by atoms with E-state index in [2.05, 4.69) is 95.9 Å². The van der Waals surface area contributed by atoms with Crippen molar-refractivity contribution in [1.29, 1.82) is 0 Å². The summed E-state index contributed by atoms with van der Waals surface area (Å²) in [7, 11) is 0. The monoisotopic (exact) mass is 385 g/mol. The number of carbonyl (C=O) groups is 1. The first-order valence-electron chi connectivity index (χ1n) is 10.2. The van der Waals surface area contributed by atoms with Crippen LogP contribution < -0.4 is 15.3 Å². The van der Waals surface area contributed by atoms with Crippen molar-refractivity contribution >= 4 is 46.3 Å². The fraction of sp³-hybridized carbons (Fsp3) is 0.0357. The van der Waals surface area contributed by atoms with Crippen molar-refractivity contribution < 1.29 is 4.79 Å². The largest absolute Gasteiger partial charge is 0.309 e. The lowest BCUT2D eigenvalue weighted by atomic mass is 9.93. The standard InChI is InChI=1S/C28H19NO/c30-18-19-9-13-25-22(15-19)11-14-28-26(25)17-23-7-3-4-8-27(23)29(28)24-12-10-20-5-1-2-6-21(20)16-24/h1-14,16-18H,15H2. The predicted octanol–water partition coefficient (Wildman–Crippen LogP) is 4.91. The van der Waals surface area contributed by atoms with Gasteiger partial charge in [0, 0.05) is 17.3 Å². The van der Waals surface area contributed by atoms with Gasteiger partial charge in [-0.2, -0.15) is 0 Å². The Balaban J connectivity index is 1.66. The van der Waals surface area contributed by atoms with E-state index in [-0.39, 0.29) is 0 Å². The molecule has 0 N–H and O–H groups in total. The van der Waals surface area contributed by atoms with Gasteiger partial charge in [-0.05, 0) is 63.0 Å². The van der Waals surface area contributed by atoms with Gasteiger partial charge >= 0.3 is 0 Å². The molecule has 4 aromatic carbocycles. The van der Waals surface area contributed by atoms with Gasteiger partial charge in [-0.3, -0.25) is 4.79 Å². The van der Waals surface area contributed by atoms with Crippen LogP contribution in [-0.4, -0.2) is 6.29 Å². The van der Waals surface area contributed by atoms with Crippen LogP contribution in [0.4, 0.5) is 17.1 Å². The summed E-state index contributed by atoms with van der Waals surface area (Å²) in [6.07, 6.45) is 7.96. The van der Waals surface area contributed by atoms with Crippen molar-refractivity contribution in [2.75, 3.05) is 4.90 Å². The molecule has 0 radical (unpaired) electrons. The van der Waals surface area contributed by atoms with Gasteiger partial charge in [0.1, 0.15) is 6.29 Å². The zero-order valence-electron chi connectivity index (χ0n) is 16.4. The summed E-state index contributed by atoms with van der Waals surface area (Å²) in [6, 6.07) is 28.0. The maximum absolute atomic E-state index is 11.3. The third-order valence-corrected chi connectivity index (χ3v) is 6.07. The van der Waals surface area contributed by atoms with Crippen LogP contribution in [0.1, 0.15) is 11.1 Å². The Kier molecular flexibility index (Phi) is 3.72. The van der Waals surface area contributed by atoms with Crippen molar-refractivity contribution in [2.24, 2.45) is 0 Å². The topological polar surface area (TPSA) is 20.3 Å². The Morgan fingerprint density at radius 2 is 1.57 bits per heavy atom. The Morgan fingerprint density at radius 1 is 0.733 bits per heavy atom. The van der Waals surface area contributed by atoms with Gasteiger partial charge in [-0.15, -0.1) is 0 Å². The van der Waals surface area contributed by atoms with Crippen LogP contribution >= 0.6 is 0 Å². The maximum Gasteiger partial charge on any atom is 0.146 e. The lowest BCUT2D eigenvalue weighted by molar-refractivity contribution is -0.105. The Labute approximate surface area is 174 Å². The van der Waals surface area contributed by atoms with E-state index in [0.717, 1.165) is 17.5 Å². The molecule has 1 aliphatic carbocycles. The minimum atomic E-state index is 0.689. The quantitative estimate of drug-likeness (QED) is 0.402. The molecule has 0 saturated heterocycles. The van der Waals surface area contributed by atoms with E-state index in [9.17, 15) is 4.79 Å². The third kappa shape index (κ3) is 2.54. The second-order valence-corrected chi connectivity index (χ2v) is 7.84. The SMILES string of the molecule is O=CC1=CC=c2c(ccc3c2=Cc2ccccc2N3c2ccc3ccccc3c2)C1. The molecule has 4 aromatic rings. The zero-order chi connectivity index (χ0) is 20.1. The van der Waals surface area contributed by atoms with E-state index >= 15 is 0 Å². The van der Waals surface area contributed by atoms with E-state index in [1.54, 1.807) is 0 Å². The normalized spacial score (nSPS) is 14.0. The average molecular weight is 385 g/mol. The average Bonchev–Trinajstić information content (AvgIpc) is 2.81. The second kappa shape index (κ2) is 6.57. The molecule has 0 atom stereocenters. The van der Waals surface area contributed by atoms with Crippen molar-refractivity contribution in [1.82, 2.24) is 0 Å². The smallest absolute Gasteiger partial charge is 0.146 e. The number of fused-ring (bicyclic) bond motifs is 5. The molecular formula is C28H19NO. The maximum atomic E-state index is 11.3. The van der Waals surface area contributed by atoms with E-state index in [1.165, 1.54) is 43.7 Å². The summed E-state index contributed by atoms with van der Waals surface area (Å²) < 4.78 is 0. The summed E-state index contributed by atoms with van der Waals surface area (Å²) >= 11 is 0. The Bertz CT molecular complexity index is 1490. The van der Waals surface area contributed by atoms with Gasteiger partial charge in [-0.1, -0.05) is 66.7 Å². The van der Waals surface area contributed by atoms with Gasteiger partial charge < -0.3 is 4.90 Å². The Hall–Kier alpha value is -3.91. The molecule has 30 heavy (non-hydrogen) atoms.